The molecule has 1 aromatic rings. The molecule has 1 aromatic carbocycles. The molecule has 0 bridgehead atoms. The molecule has 0 radical (unpaired) electrons. The number of benzene rings is 1. The summed E-state index contributed by atoms with van der Waals surface area (Å²) in [5.74, 6) is 0.992. The van der Waals surface area contributed by atoms with Gasteiger partial charge in [0, 0.05) is 10.9 Å². The Balaban J connectivity index is 3.15. The fraction of sp³-hybridized carbons (Fsp3) is 0.538. The second-order valence-electron chi connectivity index (χ2n) is 4.53. The van der Waals surface area contributed by atoms with E-state index in [0.717, 1.165) is 17.5 Å². The van der Waals surface area contributed by atoms with Crippen LogP contribution in [-0.2, 0) is 5.41 Å². The van der Waals surface area contributed by atoms with Gasteiger partial charge >= 0.3 is 0 Å². The van der Waals surface area contributed by atoms with Crippen LogP contribution in [-0.4, -0.2) is 12.4 Å². The zero-order valence-electron chi connectivity index (χ0n) is 9.93. The number of methoxy groups -OCH3 is 1. The Bertz CT molecular complexity index is 331. The predicted octanol–water partition coefficient (Wildman–Crippen LogP) is 4.07. The van der Waals surface area contributed by atoms with E-state index < -0.39 is 0 Å². The molecule has 0 heterocycles. The summed E-state index contributed by atoms with van der Waals surface area (Å²) in [7, 11) is 1.73. The lowest BCUT2D eigenvalue weighted by Crippen LogP contribution is -2.19. The van der Waals surface area contributed by atoms with Crippen molar-refractivity contribution in [2.45, 2.75) is 32.6 Å². The van der Waals surface area contributed by atoms with Crippen molar-refractivity contribution >= 4 is 15.9 Å². The first-order chi connectivity index (χ1) is 7.01. The zero-order valence-corrected chi connectivity index (χ0v) is 11.5. The first kappa shape index (κ1) is 12.6. The van der Waals surface area contributed by atoms with E-state index in [9.17, 15) is 0 Å². The molecule has 0 N–H and O–H groups in total. The Labute approximate surface area is 101 Å². The summed E-state index contributed by atoms with van der Waals surface area (Å²) in [6.07, 6.45) is 1.10. The first-order valence-corrected chi connectivity index (χ1v) is 6.34. The number of rotatable bonds is 4. The molecule has 1 rings (SSSR count). The van der Waals surface area contributed by atoms with E-state index in [2.05, 4.69) is 54.9 Å². The number of hydrogen-bond donors (Lipinski definition) is 0. The lowest BCUT2D eigenvalue weighted by Gasteiger charge is -2.26. The third-order valence-corrected chi connectivity index (χ3v) is 3.20. The van der Waals surface area contributed by atoms with E-state index in [0.29, 0.717) is 0 Å². The van der Waals surface area contributed by atoms with Crippen molar-refractivity contribution in [1.82, 2.24) is 0 Å². The summed E-state index contributed by atoms with van der Waals surface area (Å²) < 4.78 is 5.42. The maximum Gasteiger partial charge on any atom is 0.122 e. The van der Waals surface area contributed by atoms with Crippen molar-refractivity contribution in [3.05, 3.63) is 29.3 Å². The molecule has 84 valence electrons. The molecule has 15 heavy (non-hydrogen) atoms. The van der Waals surface area contributed by atoms with E-state index in [4.69, 9.17) is 4.74 Å². The monoisotopic (exact) mass is 270 g/mol. The van der Waals surface area contributed by atoms with Gasteiger partial charge in [0.1, 0.15) is 5.75 Å². The smallest absolute Gasteiger partial charge is 0.122 e. The second-order valence-corrected chi connectivity index (χ2v) is 5.32. The van der Waals surface area contributed by atoms with Crippen LogP contribution in [0.4, 0.5) is 0 Å². The largest absolute Gasteiger partial charge is 0.496 e. The predicted molar refractivity (Wildman–Crippen MR) is 69.2 cm³/mol. The highest BCUT2D eigenvalue weighted by Crippen LogP contribution is 2.35. The molecule has 0 saturated carbocycles. The molecule has 0 spiro atoms. The molecule has 0 aliphatic carbocycles. The molecular weight excluding hydrogens is 252 g/mol. The van der Waals surface area contributed by atoms with Crippen molar-refractivity contribution in [3.8, 4) is 5.75 Å². The Morgan fingerprint density at radius 3 is 2.53 bits per heavy atom. The lowest BCUT2D eigenvalue weighted by molar-refractivity contribution is 0.390. The van der Waals surface area contributed by atoms with Crippen molar-refractivity contribution in [2.75, 3.05) is 12.4 Å². The molecule has 0 aliphatic rings. The summed E-state index contributed by atoms with van der Waals surface area (Å²) in [6.45, 7) is 6.63. The van der Waals surface area contributed by atoms with Gasteiger partial charge in [0.25, 0.3) is 0 Å². The minimum Gasteiger partial charge on any atom is -0.496 e. The van der Waals surface area contributed by atoms with E-state index in [1.165, 1.54) is 11.1 Å². The molecule has 2 heteroatoms. The molecule has 0 saturated heterocycles. The van der Waals surface area contributed by atoms with Crippen LogP contribution in [0.5, 0.6) is 5.75 Å². The van der Waals surface area contributed by atoms with Crippen LogP contribution in [0, 0.1) is 6.92 Å². The van der Waals surface area contributed by atoms with E-state index in [-0.39, 0.29) is 5.41 Å². The van der Waals surface area contributed by atoms with Crippen molar-refractivity contribution in [2.24, 2.45) is 0 Å². The van der Waals surface area contributed by atoms with Crippen molar-refractivity contribution in [1.29, 1.82) is 0 Å². The van der Waals surface area contributed by atoms with Gasteiger partial charge in [0.15, 0.2) is 0 Å². The van der Waals surface area contributed by atoms with Crippen LogP contribution in [0.3, 0.4) is 0 Å². The average Bonchev–Trinajstić information content (AvgIpc) is 2.17. The number of halogens is 1. The Morgan fingerprint density at radius 1 is 1.33 bits per heavy atom. The Kier molecular flexibility index (Phi) is 4.21. The van der Waals surface area contributed by atoms with Gasteiger partial charge in [-0.15, -0.1) is 0 Å². The minimum atomic E-state index is 0.154. The van der Waals surface area contributed by atoms with Crippen LogP contribution in [0.2, 0.25) is 0 Å². The third-order valence-electron chi connectivity index (χ3n) is 2.80. The molecule has 0 aliphatic heterocycles. The molecule has 0 fully saturated rings. The molecule has 1 nitrogen and oxygen atoms in total. The van der Waals surface area contributed by atoms with Gasteiger partial charge in [-0.05, 0) is 24.8 Å². The minimum absolute atomic E-state index is 0.154. The van der Waals surface area contributed by atoms with E-state index >= 15 is 0 Å². The van der Waals surface area contributed by atoms with Gasteiger partial charge in [-0.1, -0.05) is 47.5 Å². The van der Waals surface area contributed by atoms with Gasteiger partial charge in [-0.2, -0.15) is 0 Å². The Hall–Kier alpha value is -0.500. The van der Waals surface area contributed by atoms with Crippen LogP contribution >= 0.6 is 15.9 Å². The molecule has 0 atom stereocenters. The highest BCUT2D eigenvalue weighted by molar-refractivity contribution is 9.09. The van der Waals surface area contributed by atoms with Crippen LogP contribution in [0.15, 0.2) is 18.2 Å². The second kappa shape index (κ2) is 5.02. The fourth-order valence-corrected chi connectivity index (χ4v) is 2.71. The fourth-order valence-electron chi connectivity index (χ4n) is 1.72. The summed E-state index contributed by atoms with van der Waals surface area (Å²) in [6, 6.07) is 6.37. The topological polar surface area (TPSA) is 9.23 Å². The maximum atomic E-state index is 5.42. The first-order valence-electron chi connectivity index (χ1n) is 5.22. The van der Waals surface area contributed by atoms with Gasteiger partial charge in [0.2, 0.25) is 0 Å². The van der Waals surface area contributed by atoms with Crippen LogP contribution in [0.1, 0.15) is 31.4 Å². The van der Waals surface area contributed by atoms with Gasteiger partial charge in [-0.3, -0.25) is 0 Å². The molecule has 0 unspecified atom stereocenters. The number of ether oxygens (including phenoxy) is 1. The molecular formula is C13H19BrO. The highest BCUT2D eigenvalue weighted by atomic mass is 79.9. The zero-order chi connectivity index (χ0) is 11.5. The van der Waals surface area contributed by atoms with Gasteiger partial charge in [-0.25, -0.2) is 0 Å². The van der Waals surface area contributed by atoms with Crippen LogP contribution in [0.25, 0.3) is 0 Å². The third kappa shape index (κ3) is 2.97. The van der Waals surface area contributed by atoms with Crippen molar-refractivity contribution < 1.29 is 4.74 Å². The summed E-state index contributed by atoms with van der Waals surface area (Å²) in [4.78, 5) is 0. The summed E-state index contributed by atoms with van der Waals surface area (Å²) in [5, 5.41) is 1.01. The van der Waals surface area contributed by atoms with Gasteiger partial charge < -0.3 is 4.74 Å². The number of alkyl halides is 1. The van der Waals surface area contributed by atoms with E-state index in [1.807, 2.05) is 0 Å². The molecule has 0 amide bonds. The summed E-state index contributed by atoms with van der Waals surface area (Å²) in [5.41, 5.74) is 2.74. The van der Waals surface area contributed by atoms with Crippen LogP contribution < -0.4 is 4.74 Å². The standard InChI is InChI=1S/C13H19BrO/c1-10-5-6-12(15-4)11(9-10)13(2,3)7-8-14/h5-6,9H,7-8H2,1-4H3. The van der Waals surface area contributed by atoms with Gasteiger partial charge in [0.05, 0.1) is 7.11 Å². The van der Waals surface area contributed by atoms with Crippen molar-refractivity contribution in [3.63, 3.8) is 0 Å². The number of hydrogen-bond acceptors (Lipinski definition) is 1. The summed E-state index contributed by atoms with van der Waals surface area (Å²) >= 11 is 3.51. The Morgan fingerprint density at radius 2 is 2.00 bits per heavy atom. The number of aryl methyl sites for hydroxylation is 1. The van der Waals surface area contributed by atoms with E-state index in [1.54, 1.807) is 7.11 Å². The maximum absolute atomic E-state index is 5.42. The highest BCUT2D eigenvalue weighted by Gasteiger charge is 2.23. The quantitative estimate of drug-likeness (QED) is 0.750. The molecule has 0 aromatic heterocycles. The lowest BCUT2D eigenvalue weighted by atomic mass is 9.81. The normalized spacial score (nSPS) is 11.5. The average molecular weight is 271 g/mol. The SMILES string of the molecule is COc1ccc(C)cc1C(C)(C)CCBr.